The van der Waals surface area contributed by atoms with E-state index in [0.717, 1.165) is 41.9 Å². The van der Waals surface area contributed by atoms with E-state index < -0.39 is 0 Å². The lowest BCUT2D eigenvalue weighted by atomic mass is 10.00. The number of halogens is 1. The zero-order valence-corrected chi connectivity index (χ0v) is 21.6. The quantitative estimate of drug-likeness (QED) is 0.393. The van der Waals surface area contributed by atoms with E-state index in [9.17, 15) is 9.59 Å². The molecule has 1 heterocycles. The summed E-state index contributed by atoms with van der Waals surface area (Å²) in [4.78, 5) is 29.5. The maximum absolute atomic E-state index is 13.0. The van der Waals surface area contributed by atoms with Crippen LogP contribution in [-0.2, 0) is 16.0 Å². The largest absolute Gasteiger partial charge is 0.354 e. The number of fused-ring (bicyclic) bond motifs is 1. The van der Waals surface area contributed by atoms with Crippen LogP contribution >= 0.6 is 11.6 Å². The lowest BCUT2D eigenvalue weighted by Crippen LogP contribution is -2.30. The van der Waals surface area contributed by atoms with Crippen LogP contribution in [0.5, 0.6) is 0 Å². The molecule has 0 saturated heterocycles. The van der Waals surface area contributed by atoms with Crippen molar-refractivity contribution < 1.29 is 9.59 Å². The summed E-state index contributed by atoms with van der Waals surface area (Å²) in [5, 5.41) is 6.94. The van der Waals surface area contributed by atoms with Gasteiger partial charge in [0.15, 0.2) is 0 Å². The van der Waals surface area contributed by atoms with Crippen LogP contribution in [0.2, 0.25) is 5.02 Å². The predicted octanol–water partition coefficient (Wildman–Crippen LogP) is 5.23. The van der Waals surface area contributed by atoms with Crippen LogP contribution in [0.3, 0.4) is 0 Å². The third kappa shape index (κ3) is 6.14. The second-order valence-electron chi connectivity index (χ2n) is 9.23. The molecule has 6 nitrogen and oxygen atoms in total. The second-order valence-corrected chi connectivity index (χ2v) is 9.67. The average Bonchev–Trinajstić information content (AvgIpc) is 3.18. The predicted molar refractivity (Wildman–Crippen MR) is 148 cm³/mol. The number of likely N-dealkylation sites (N-methyl/N-ethyl adjacent to an activating group) is 1. The topological polar surface area (TPSA) is 64.7 Å². The molecule has 0 aliphatic carbocycles. The maximum Gasteiger partial charge on any atom is 0.258 e. The lowest BCUT2D eigenvalue weighted by Gasteiger charge is -2.19. The van der Waals surface area contributed by atoms with Gasteiger partial charge in [-0.2, -0.15) is 0 Å². The number of rotatable bonds is 9. The number of nitrogens with zero attached hydrogens (tertiary/aromatic N) is 2. The van der Waals surface area contributed by atoms with Crippen molar-refractivity contribution in [2.45, 2.75) is 12.8 Å². The summed E-state index contributed by atoms with van der Waals surface area (Å²) in [5.41, 5.74) is 5.43. The first kappa shape index (κ1) is 25.5. The molecule has 0 spiro atoms. The fraction of sp³-hybridized carbons (Fsp3) is 0.241. The van der Waals surface area contributed by atoms with Crippen LogP contribution in [0.15, 0.2) is 72.8 Å². The van der Waals surface area contributed by atoms with Gasteiger partial charge in [-0.15, -0.1) is 0 Å². The van der Waals surface area contributed by atoms with Gasteiger partial charge in [-0.3, -0.25) is 9.59 Å². The molecule has 0 fully saturated rings. The molecule has 7 heteroatoms. The Kier molecular flexibility index (Phi) is 8.08. The Hall–Kier alpha value is -3.61. The van der Waals surface area contributed by atoms with E-state index in [2.05, 4.69) is 15.5 Å². The minimum Gasteiger partial charge on any atom is -0.354 e. The molecular weight excluding hydrogens is 472 g/mol. The van der Waals surface area contributed by atoms with Crippen molar-refractivity contribution in [1.29, 1.82) is 0 Å². The van der Waals surface area contributed by atoms with E-state index in [1.807, 2.05) is 81.8 Å². The van der Waals surface area contributed by atoms with Crippen molar-refractivity contribution in [1.82, 2.24) is 9.80 Å². The van der Waals surface area contributed by atoms with Crippen molar-refractivity contribution in [3.8, 4) is 0 Å². The Morgan fingerprint density at radius 3 is 2.36 bits per heavy atom. The van der Waals surface area contributed by atoms with Crippen LogP contribution < -0.4 is 10.6 Å². The molecule has 0 atom stereocenters. The third-order valence-corrected chi connectivity index (χ3v) is 6.38. The van der Waals surface area contributed by atoms with Gasteiger partial charge in [-0.25, -0.2) is 0 Å². The summed E-state index contributed by atoms with van der Waals surface area (Å²) >= 11 is 6.14. The molecule has 0 bridgehead atoms. The Labute approximate surface area is 217 Å². The van der Waals surface area contributed by atoms with Gasteiger partial charge in [-0.1, -0.05) is 60.1 Å². The van der Waals surface area contributed by atoms with Crippen molar-refractivity contribution >= 4 is 46.1 Å². The number of carbonyl (C=O) groups excluding carboxylic acids is 2. The standard InChI is InChI=1S/C29H31ClN4O2/c1-33(2)16-7-17-34(3)26(35)18-20-10-13-23(14-11-20)31-28(21-8-5-4-6-9-21)27-24-15-12-22(30)19-25(24)32-29(27)36/h4-6,8-15,19,31H,7,16-18H2,1-3H3,(H,32,36)/b28-27-. The molecular formula is C29H31ClN4O2. The van der Waals surface area contributed by atoms with Crippen LogP contribution in [0.4, 0.5) is 11.4 Å². The monoisotopic (exact) mass is 502 g/mol. The molecule has 186 valence electrons. The van der Waals surface area contributed by atoms with Gasteiger partial charge < -0.3 is 20.4 Å². The molecule has 3 aromatic rings. The van der Waals surface area contributed by atoms with Crippen molar-refractivity contribution in [2.75, 3.05) is 44.9 Å². The molecule has 4 rings (SSSR count). The number of hydrogen-bond donors (Lipinski definition) is 2. The Morgan fingerprint density at radius 2 is 1.67 bits per heavy atom. The minimum atomic E-state index is -0.182. The van der Waals surface area contributed by atoms with Gasteiger partial charge in [0.2, 0.25) is 5.91 Å². The summed E-state index contributed by atoms with van der Waals surface area (Å²) in [6, 6.07) is 22.9. The van der Waals surface area contributed by atoms with Gasteiger partial charge >= 0.3 is 0 Å². The Balaban J connectivity index is 1.55. The van der Waals surface area contributed by atoms with Gasteiger partial charge in [0, 0.05) is 29.9 Å². The highest BCUT2D eigenvalue weighted by molar-refractivity contribution is 6.38. The van der Waals surface area contributed by atoms with E-state index in [1.54, 1.807) is 17.0 Å². The number of benzene rings is 3. The fourth-order valence-electron chi connectivity index (χ4n) is 4.19. The number of amides is 2. The van der Waals surface area contributed by atoms with Crippen LogP contribution in [0.1, 0.15) is 23.1 Å². The van der Waals surface area contributed by atoms with Crippen molar-refractivity contribution in [2.24, 2.45) is 0 Å². The smallest absolute Gasteiger partial charge is 0.258 e. The number of anilines is 2. The highest BCUT2D eigenvalue weighted by Crippen LogP contribution is 2.38. The molecule has 0 radical (unpaired) electrons. The van der Waals surface area contributed by atoms with Crippen LogP contribution in [0, 0.1) is 0 Å². The molecule has 1 aliphatic heterocycles. The third-order valence-electron chi connectivity index (χ3n) is 6.14. The fourth-order valence-corrected chi connectivity index (χ4v) is 4.36. The van der Waals surface area contributed by atoms with Gasteiger partial charge in [-0.05, 0) is 62.5 Å². The molecule has 36 heavy (non-hydrogen) atoms. The number of nitrogens with one attached hydrogen (secondary N) is 2. The second kappa shape index (κ2) is 11.4. The van der Waals surface area contributed by atoms with Crippen LogP contribution in [-0.4, -0.2) is 55.8 Å². The maximum atomic E-state index is 13.0. The average molecular weight is 503 g/mol. The lowest BCUT2D eigenvalue weighted by molar-refractivity contribution is -0.129. The van der Waals surface area contributed by atoms with Crippen molar-refractivity contribution in [3.63, 3.8) is 0 Å². The van der Waals surface area contributed by atoms with Crippen LogP contribution in [0.25, 0.3) is 11.3 Å². The van der Waals surface area contributed by atoms with E-state index in [0.29, 0.717) is 28.4 Å². The molecule has 3 aromatic carbocycles. The number of carbonyl (C=O) groups is 2. The highest BCUT2D eigenvalue weighted by Gasteiger charge is 2.28. The molecule has 1 aliphatic rings. The Morgan fingerprint density at radius 1 is 0.944 bits per heavy atom. The van der Waals surface area contributed by atoms with E-state index in [4.69, 9.17) is 11.6 Å². The molecule has 0 aromatic heterocycles. The van der Waals surface area contributed by atoms with Gasteiger partial charge in [0.05, 0.1) is 23.4 Å². The first-order valence-corrected chi connectivity index (χ1v) is 12.4. The Bertz CT molecular complexity index is 1270. The normalized spacial score (nSPS) is 13.9. The SMILES string of the molecule is CN(C)CCCN(C)C(=O)Cc1ccc(N/C(=C2\C(=O)Nc3cc(Cl)ccc32)c2ccccc2)cc1. The summed E-state index contributed by atoms with van der Waals surface area (Å²) in [7, 11) is 5.91. The summed E-state index contributed by atoms with van der Waals surface area (Å²) in [5.74, 6) is -0.0856. The zero-order valence-electron chi connectivity index (χ0n) is 20.8. The molecule has 2 amide bonds. The molecule has 0 unspecified atom stereocenters. The first-order chi connectivity index (χ1) is 17.3. The summed E-state index contributed by atoms with van der Waals surface area (Å²) < 4.78 is 0. The number of hydrogen-bond acceptors (Lipinski definition) is 4. The highest BCUT2D eigenvalue weighted by atomic mass is 35.5. The van der Waals surface area contributed by atoms with E-state index in [1.165, 1.54) is 0 Å². The zero-order chi connectivity index (χ0) is 25.7. The molecule has 2 N–H and O–H groups in total. The first-order valence-electron chi connectivity index (χ1n) is 12.0. The molecule has 0 saturated carbocycles. The van der Waals surface area contributed by atoms with Gasteiger partial charge in [0.1, 0.15) is 0 Å². The summed E-state index contributed by atoms with van der Waals surface area (Å²) in [6.45, 7) is 1.69. The van der Waals surface area contributed by atoms with E-state index in [-0.39, 0.29) is 11.8 Å². The summed E-state index contributed by atoms with van der Waals surface area (Å²) in [6.07, 6.45) is 1.29. The van der Waals surface area contributed by atoms with Gasteiger partial charge in [0.25, 0.3) is 5.91 Å². The minimum absolute atomic E-state index is 0.0967. The van der Waals surface area contributed by atoms with E-state index >= 15 is 0 Å². The van der Waals surface area contributed by atoms with Crippen molar-refractivity contribution in [3.05, 3.63) is 94.5 Å².